The van der Waals surface area contributed by atoms with Crippen molar-refractivity contribution in [3.63, 3.8) is 0 Å². The normalized spacial score (nSPS) is 41.6. The molecule has 9 atom stereocenters. The topological polar surface area (TPSA) is 9.23 Å². The first-order valence-electron chi connectivity index (χ1n) is 16.8. The SMILES string of the molecule is C1=CCC(C2CCCCC2)C(C2c3ccccc3C(C3=CCC4OC5C=CCCC5C4C3)C3CCCCC23)=C1. The van der Waals surface area contributed by atoms with Crippen LogP contribution in [0.15, 0.2) is 71.9 Å². The first-order chi connectivity index (χ1) is 19.4. The number of hydrogen-bond donors (Lipinski definition) is 0. The molecule has 3 fully saturated rings. The zero-order valence-electron chi connectivity index (χ0n) is 23.9. The van der Waals surface area contributed by atoms with Gasteiger partial charge in [-0.15, -0.1) is 0 Å². The number of ether oxygens (including phenoxy) is 1. The molecule has 2 saturated carbocycles. The maximum Gasteiger partial charge on any atom is 0.0791 e. The van der Waals surface area contributed by atoms with Gasteiger partial charge in [0.15, 0.2) is 0 Å². The largest absolute Gasteiger partial charge is 0.370 e. The van der Waals surface area contributed by atoms with Crippen molar-refractivity contribution in [3.05, 3.63) is 83.0 Å². The molecule has 1 aromatic rings. The molecule has 9 unspecified atom stereocenters. The van der Waals surface area contributed by atoms with E-state index in [1.165, 1.54) is 83.5 Å². The molecule has 0 N–H and O–H groups in total. The van der Waals surface area contributed by atoms with Gasteiger partial charge < -0.3 is 4.74 Å². The zero-order valence-corrected chi connectivity index (χ0v) is 23.9. The van der Waals surface area contributed by atoms with Crippen molar-refractivity contribution in [1.82, 2.24) is 0 Å². The number of benzene rings is 1. The minimum Gasteiger partial charge on any atom is -0.370 e. The number of rotatable bonds is 3. The van der Waals surface area contributed by atoms with E-state index in [0.717, 1.165) is 41.9 Å². The lowest BCUT2D eigenvalue weighted by atomic mass is 9.53. The molecule has 7 aliphatic rings. The first kappa shape index (κ1) is 24.9. The Balaban J connectivity index is 1.17. The van der Waals surface area contributed by atoms with E-state index in [0.29, 0.717) is 24.0 Å². The Morgan fingerprint density at radius 3 is 2.31 bits per heavy atom. The standard InChI is InChI=1S/C38H48O/c1-2-12-25(13-3-1)27-14-4-5-16-29(27)38-32-19-8-6-17-30(32)37(31-18-7-9-20-33(31)38)26-22-23-36-34(24-26)28-15-10-11-21-35(28)39-36/h4-6,8,11,16-17,19,21-22,25,27-28,31,33-38H,1-3,7,9-10,12-15,18,20,23-24H2. The molecule has 1 aromatic carbocycles. The molecule has 0 amide bonds. The van der Waals surface area contributed by atoms with Crippen LogP contribution in [0.1, 0.15) is 113 Å². The molecule has 206 valence electrons. The Labute approximate surface area is 236 Å². The van der Waals surface area contributed by atoms with Gasteiger partial charge in [-0.05, 0) is 104 Å². The Morgan fingerprint density at radius 2 is 1.46 bits per heavy atom. The van der Waals surface area contributed by atoms with Crippen LogP contribution in [0.2, 0.25) is 0 Å². The van der Waals surface area contributed by atoms with Crippen molar-refractivity contribution in [2.45, 2.75) is 114 Å². The fourth-order valence-corrected chi connectivity index (χ4v) is 10.9. The van der Waals surface area contributed by atoms with Crippen LogP contribution < -0.4 is 0 Å². The minimum absolute atomic E-state index is 0.384. The molecule has 0 spiro atoms. The molecule has 0 radical (unpaired) electrons. The molecule has 6 aliphatic carbocycles. The lowest BCUT2D eigenvalue weighted by Gasteiger charge is -2.51. The van der Waals surface area contributed by atoms with E-state index >= 15 is 0 Å². The third-order valence-corrected chi connectivity index (χ3v) is 12.5. The summed E-state index contributed by atoms with van der Waals surface area (Å²) in [5.41, 5.74) is 7.02. The van der Waals surface area contributed by atoms with Gasteiger partial charge in [0, 0.05) is 11.8 Å². The molecule has 1 heterocycles. The lowest BCUT2D eigenvalue weighted by molar-refractivity contribution is 0.0507. The second-order valence-electron chi connectivity index (χ2n) is 14.2. The third-order valence-electron chi connectivity index (χ3n) is 12.5. The molecule has 8 rings (SSSR count). The zero-order chi connectivity index (χ0) is 25.8. The van der Waals surface area contributed by atoms with Crippen molar-refractivity contribution in [3.8, 4) is 0 Å². The summed E-state index contributed by atoms with van der Waals surface area (Å²) in [5.74, 6) is 6.04. The lowest BCUT2D eigenvalue weighted by Crippen LogP contribution is -2.40. The average molecular weight is 521 g/mol. The first-order valence-corrected chi connectivity index (χ1v) is 16.8. The van der Waals surface area contributed by atoms with Gasteiger partial charge in [0.1, 0.15) is 0 Å². The van der Waals surface area contributed by atoms with Crippen LogP contribution in [-0.4, -0.2) is 12.2 Å². The summed E-state index contributed by atoms with van der Waals surface area (Å²) in [4.78, 5) is 0. The summed E-state index contributed by atoms with van der Waals surface area (Å²) in [6, 6.07) is 9.82. The fourth-order valence-electron chi connectivity index (χ4n) is 10.9. The Hall–Kier alpha value is -1.86. The number of hydrogen-bond acceptors (Lipinski definition) is 1. The van der Waals surface area contributed by atoms with Crippen LogP contribution in [0.25, 0.3) is 0 Å². The van der Waals surface area contributed by atoms with E-state index in [4.69, 9.17) is 4.74 Å². The van der Waals surface area contributed by atoms with E-state index < -0.39 is 0 Å². The Morgan fingerprint density at radius 1 is 0.692 bits per heavy atom. The van der Waals surface area contributed by atoms with Gasteiger partial charge in [0.25, 0.3) is 0 Å². The van der Waals surface area contributed by atoms with Gasteiger partial charge in [-0.2, -0.15) is 0 Å². The molecular formula is C38H48O. The third kappa shape index (κ3) is 4.29. The summed E-state index contributed by atoms with van der Waals surface area (Å²) in [6.45, 7) is 0. The highest BCUT2D eigenvalue weighted by atomic mass is 16.5. The monoisotopic (exact) mass is 520 g/mol. The molecule has 0 aromatic heterocycles. The van der Waals surface area contributed by atoms with E-state index in [2.05, 4.69) is 60.7 Å². The highest BCUT2D eigenvalue weighted by Crippen LogP contribution is 2.60. The van der Waals surface area contributed by atoms with Crippen molar-refractivity contribution < 1.29 is 4.74 Å². The predicted octanol–water partition coefficient (Wildman–Crippen LogP) is 9.83. The quantitative estimate of drug-likeness (QED) is 0.360. The van der Waals surface area contributed by atoms with E-state index in [1.54, 1.807) is 16.7 Å². The molecular weight excluding hydrogens is 472 g/mol. The van der Waals surface area contributed by atoms with Crippen molar-refractivity contribution in [1.29, 1.82) is 0 Å². The molecule has 0 bridgehead atoms. The van der Waals surface area contributed by atoms with E-state index in [-0.39, 0.29) is 0 Å². The van der Waals surface area contributed by atoms with Crippen molar-refractivity contribution in [2.24, 2.45) is 35.5 Å². The second-order valence-corrected chi connectivity index (χ2v) is 14.2. The molecule has 1 saturated heterocycles. The summed E-state index contributed by atoms with van der Waals surface area (Å²) >= 11 is 0. The fraction of sp³-hybridized carbons (Fsp3) is 0.632. The van der Waals surface area contributed by atoms with Gasteiger partial charge in [-0.1, -0.05) is 104 Å². The summed E-state index contributed by atoms with van der Waals surface area (Å²) in [5, 5.41) is 0. The minimum atomic E-state index is 0.384. The van der Waals surface area contributed by atoms with Gasteiger partial charge in [-0.3, -0.25) is 0 Å². The van der Waals surface area contributed by atoms with Crippen LogP contribution >= 0.6 is 0 Å². The van der Waals surface area contributed by atoms with Crippen LogP contribution in [-0.2, 0) is 4.74 Å². The van der Waals surface area contributed by atoms with Crippen molar-refractivity contribution >= 4 is 0 Å². The second kappa shape index (κ2) is 10.5. The summed E-state index contributed by atoms with van der Waals surface area (Å²) in [7, 11) is 0. The van der Waals surface area contributed by atoms with Crippen LogP contribution in [0.5, 0.6) is 0 Å². The summed E-state index contributed by atoms with van der Waals surface area (Å²) < 4.78 is 6.60. The van der Waals surface area contributed by atoms with E-state index in [1.807, 2.05) is 5.57 Å². The highest BCUT2D eigenvalue weighted by Gasteiger charge is 2.50. The molecule has 39 heavy (non-hydrogen) atoms. The Bertz CT molecular complexity index is 1180. The van der Waals surface area contributed by atoms with Gasteiger partial charge >= 0.3 is 0 Å². The number of fused-ring (bicyclic) bond motifs is 5. The molecule has 1 aliphatic heterocycles. The number of allylic oxidation sites excluding steroid dienone is 6. The van der Waals surface area contributed by atoms with Gasteiger partial charge in [0.05, 0.1) is 12.2 Å². The predicted molar refractivity (Wildman–Crippen MR) is 161 cm³/mol. The van der Waals surface area contributed by atoms with E-state index in [9.17, 15) is 0 Å². The van der Waals surface area contributed by atoms with Crippen LogP contribution in [0.4, 0.5) is 0 Å². The smallest absolute Gasteiger partial charge is 0.0791 e. The van der Waals surface area contributed by atoms with Crippen LogP contribution in [0, 0.1) is 35.5 Å². The maximum atomic E-state index is 6.60. The van der Waals surface area contributed by atoms with Crippen molar-refractivity contribution in [2.75, 3.05) is 0 Å². The van der Waals surface area contributed by atoms with Crippen LogP contribution in [0.3, 0.4) is 0 Å². The van der Waals surface area contributed by atoms with Gasteiger partial charge in [-0.25, -0.2) is 0 Å². The maximum absolute atomic E-state index is 6.60. The highest BCUT2D eigenvalue weighted by molar-refractivity contribution is 5.48. The van der Waals surface area contributed by atoms with Gasteiger partial charge in [0.2, 0.25) is 0 Å². The average Bonchev–Trinajstić information content (AvgIpc) is 3.38. The Kier molecular flexibility index (Phi) is 6.71. The summed E-state index contributed by atoms with van der Waals surface area (Å²) in [6.07, 6.45) is 35.0. The molecule has 1 nitrogen and oxygen atoms in total. The molecule has 1 heteroatoms.